The van der Waals surface area contributed by atoms with Gasteiger partial charge in [0.25, 0.3) is 21.6 Å². The first-order valence-corrected chi connectivity index (χ1v) is 8.74. The van der Waals surface area contributed by atoms with Crippen LogP contribution in [0.1, 0.15) is 12.5 Å². The predicted molar refractivity (Wildman–Crippen MR) is 87.2 cm³/mol. The van der Waals surface area contributed by atoms with E-state index < -0.39 is 36.6 Å². The monoisotopic (exact) mass is 419 g/mol. The molecule has 0 aliphatic carbocycles. The molecule has 0 aromatic heterocycles. The Balaban J connectivity index is 3.24. The first-order chi connectivity index (χ1) is 10.9. The van der Waals surface area contributed by atoms with E-state index in [2.05, 4.69) is 0 Å². The lowest BCUT2D eigenvalue weighted by molar-refractivity contribution is -0.384. The maximum atomic E-state index is 12.4. The van der Waals surface area contributed by atoms with Gasteiger partial charge in [0.15, 0.2) is 0 Å². The van der Waals surface area contributed by atoms with Gasteiger partial charge < -0.3 is 0 Å². The molecule has 0 fully saturated rings. The van der Waals surface area contributed by atoms with E-state index in [0.29, 0.717) is 9.87 Å². The maximum Gasteiger partial charge on any atom is 0.306 e. The number of sulfonamides is 1. The van der Waals surface area contributed by atoms with Gasteiger partial charge in [-0.1, -0.05) is 46.9 Å². The van der Waals surface area contributed by atoms with Crippen molar-refractivity contribution in [1.29, 1.82) is 0 Å². The Morgan fingerprint density at radius 3 is 2.25 bits per heavy atom. The molecule has 0 heterocycles. The number of nitrogens with zero attached hydrogens (tertiary/aromatic N) is 2. The highest BCUT2D eigenvalue weighted by atomic mass is 35.6. The molecular formula is C11H12Cl3N3O6S. The van der Waals surface area contributed by atoms with Crippen molar-refractivity contribution in [2.75, 3.05) is 0 Å². The summed E-state index contributed by atoms with van der Waals surface area (Å²) >= 11 is 16.4. The zero-order valence-electron chi connectivity index (χ0n) is 12.0. The van der Waals surface area contributed by atoms with Crippen LogP contribution >= 0.6 is 34.8 Å². The van der Waals surface area contributed by atoms with Gasteiger partial charge in [0, 0.05) is 18.7 Å². The molecule has 1 aromatic rings. The van der Waals surface area contributed by atoms with Crippen LogP contribution in [0.4, 0.5) is 5.69 Å². The largest absolute Gasteiger partial charge is 0.306 e. The molecule has 1 rings (SSSR count). The van der Waals surface area contributed by atoms with Gasteiger partial charge in [0.05, 0.1) is 4.92 Å². The Kier molecular flexibility index (Phi) is 6.79. The summed E-state index contributed by atoms with van der Waals surface area (Å²) in [5, 5.41) is 19.3. The third-order valence-electron chi connectivity index (χ3n) is 3.01. The molecule has 0 saturated carbocycles. The minimum atomic E-state index is -4.59. The van der Waals surface area contributed by atoms with Gasteiger partial charge in [-0.25, -0.2) is 13.9 Å². The molecule has 0 spiro atoms. The average molecular weight is 421 g/mol. The van der Waals surface area contributed by atoms with Gasteiger partial charge in [0.2, 0.25) is 0 Å². The number of nitro benzene ring substituents is 1. The third-order valence-corrected chi connectivity index (χ3v) is 6.41. The van der Waals surface area contributed by atoms with Gasteiger partial charge in [0.1, 0.15) is 6.04 Å². The highest BCUT2D eigenvalue weighted by molar-refractivity contribution is 7.95. The van der Waals surface area contributed by atoms with Crippen LogP contribution in [-0.2, 0) is 21.4 Å². The van der Waals surface area contributed by atoms with E-state index in [0.717, 1.165) is 12.1 Å². The van der Waals surface area contributed by atoms with E-state index >= 15 is 0 Å². The summed E-state index contributed by atoms with van der Waals surface area (Å²) in [7, 11) is -4.59. The number of hydrogen-bond acceptors (Lipinski definition) is 6. The summed E-state index contributed by atoms with van der Waals surface area (Å²) in [6, 6.07) is 3.50. The van der Waals surface area contributed by atoms with E-state index in [1.165, 1.54) is 24.5 Å². The summed E-state index contributed by atoms with van der Waals surface area (Å²) in [4.78, 5) is 21.6. The van der Waals surface area contributed by atoms with Crippen molar-refractivity contribution in [3.63, 3.8) is 0 Å². The van der Waals surface area contributed by atoms with E-state index in [9.17, 15) is 23.3 Å². The number of non-ortho nitro benzene ring substituents is 1. The highest BCUT2D eigenvalue weighted by Crippen LogP contribution is 2.37. The summed E-state index contributed by atoms with van der Waals surface area (Å²) in [5.41, 5.74) is 1.42. The molecule has 1 aromatic carbocycles. The van der Waals surface area contributed by atoms with Crippen molar-refractivity contribution in [3.8, 4) is 0 Å². The number of rotatable bonds is 6. The zero-order chi connectivity index (χ0) is 18.7. The minimum absolute atomic E-state index is 0.198. The van der Waals surface area contributed by atoms with Crippen molar-refractivity contribution in [1.82, 2.24) is 9.79 Å². The van der Waals surface area contributed by atoms with Crippen LogP contribution in [0.2, 0.25) is 0 Å². The lowest BCUT2D eigenvalue weighted by atomic mass is 10.2. The van der Waals surface area contributed by atoms with Crippen molar-refractivity contribution in [3.05, 3.63) is 39.9 Å². The number of amides is 1. The highest BCUT2D eigenvalue weighted by Gasteiger charge is 2.46. The fourth-order valence-electron chi connectivity index (χ4n) is 1.69. The standard InChI is InChI=1S/C11H12Cl3N3O6S/c1-7(10(18)15-19)16(24(22,23)11(12,13)14)6-8-2-4-9(5-3-8)17(20)21/h2-5,7,19H,6H2,1H3,(H,15,18)/t7-/m0/s1. The van der Waals surface area contributed by atoms with Crippen molar-refractivity contribution in [2.24, 2.45) is 0 Å². The first-order valence-electron chi connectivity index (χ1n) is 6.17. The molecule has 0 unspecified atom stereocenters. The molecule has 0 bridgehead atoms. The number of alkyl halides is 3. The summed E-state index contributed by atoms with van der Waals surface area (Å²) in [5.74, 6) is -1.05. The lowest BCUT2D eigenvalue weighted by Crippen LogP contribution is -2.50. The van der Waals surface area contributed by atoms with Crippen molar-refractivity contribution in [2.45, 2.75) is 22.6 Å². The summed E-state index contributed by atoms with van der Waals surface area (Å²) < 4.78 is 22.5. The number of nitrogens with one attached hydrogen (secondary N) is 1. The first kappa shape index (κ1) is 20.9. The number of hydrogen-bond donors (Lipinski definition) is 2. The Morgan fingerprint density at radius 1 is 1.38 bits per heavy atom. The molecule has 9 nitrogen and oxygen atoms in total. The number of carbonyl (C=O) groups is 1. The molecule has 0 aliphatic rings. The third kappa shape index (κ3) is 4.68. The normalized spacial score (nSPS) is 13.6. The number of nitro groups is 1. The van der Waals surface area contributed by atoms with Crippen LogP contribution in [0.25, 0.3) is 0 Å². The van der Waals surface area contributed by atoms with E-state index in [1.807, 2.05) is 0 Å². The second kappa shape index (κ2) is 7.81. The maximum absolute atomic E-state index is 12.4. The average Bonchev–Trinajstić information content (AvgIpc) is 2.50. The van der Waals surface area contributed by atoms with Crippen LogP contribution in [-0.4, -0.2) is 37.9 Å². The molecule has 2 N–H and O–H groups in total. The zero-order valence-corrected chi connectivity index (χ0v) is 15.1. The molecule has 13 heteroatoms. The Bertz CT molecular complexity index is 720. The smallest absolute Gasteiger partial charge is 0.289 e. The van der Waals surface area contributed by atoms with Crippen LogP contribution in [0, 0.1) is 10.1 Å². The molecule has 0 saturated heterocycles. The molecule has 0 radical (unpaired) electrons. The summed E-state index contributed by atoms with van der Waals surface area (Å²) in [6.07, 6.45) is 0. The molecule has 1 atom stereocenters. The Hall–Kier alpha value is -1.17. The fraction of sp³-hybridized carbons (Fsp3) is 0.364. The second-order valence-corrected chi connectivity index (χ2v) is 9.56. The van der Waals surface area contributed by atoms with Crippen molar-refractivity contribution >= 4 is 56.4 Å². The van der Waals surface area contributed by atoms with Gasteiger partial charge in [-0.05, 0) is 12.5 Å². The number of carbonyl (C=O) groups excluding carboxylic acids is 1. The van der Waals surface area contributed by atoms with E-state index in [4.69, 9.17) is 40.0 Å². The van der Waals surface area contributed by atoms with E-state index in [-0.39, 0.29) is 5.69 Å². The molecule has 0 aliphatic heterocycles. The predicted octanol–water partition coefficient (Wildman–Crippen LogP) is 1.95. The molecule has 24 heavy (non-hydrogen) atoms. The van der Waals surface area contributed by atoms with E-state index in [1.54, 1.807) is 0 Å². The molecule has 134 valence electrons. The quantitative estimate of drug-likeness (QED) is 0.313. The second-order valence-electron chi connectivity index (χ2n) is 4.57. The van der Waals surface area contributed by atoms with Gasteiger partial charge in [-0.15, -0.1) is 0 Å². The molecule has 1 amide bonds. The SMILES string of the molecule is C[C@@H](C(=O)NO)N(Cc1ccc([N+](=O)[O-])cc1)S(=O)(=O)C(Cl)(Cl)Cl. The lowest BCUT2D eigenvalue weighted by Gasteiger charge is -2.29. The topological polar surface area (TPSA) is 130 Å². The number of benzene rings is 1. The summed E-state index contributed by atoms with van der Waals surface area (Å²) in [6.45, 7) is 0.758. The minimum Gasteiger partial charge on any atom is -0.289 e. The van der Waals surface area contributed by atoms with Crippen LogP contribution in [0.5, 0.6) is 0 Å². The van der Waals surface area contributed by atoms with Crippen LogP contribution in [0.15, 0.2) is 24.3 Å². The van der Waals surface area contributed by atoms with Crippen molar-refractivity contribution < 1.29 is 23.3 Å². The molecular weight excluding hydrogens is 409 g/mol. The van der Waals surface area contributed by atoms with Crippen LogP contribution in [0.3, 0.4) is 0 Å². The van der Waals surface area contributed by atoms with Gasteiger partial charge >= 0.3 is 3.12 Å². The number of hydroxylamine groups is 1. The van der Waals surface area contributed by atoms with Crippen LogP contribution < -0.4 is 5.48 Å². The Labute approximate surface area is 152 Å². The fourth-order valence-corrected chi connectivity index (χ4v) is 3.58. The number of halogens is 3. The Morgan fingerprint density at radius 2 is 1.88 bits per heavy atom. The van der Waals surface area contributed by atoms with Gasteiger partial charge in [-0.3, -0.25) is 20.1 Å². The van der Waals surface area contributed by atoms with Gasteiger partial charge in [-0.2, -0.15) is 4.31 Å².